The van der Waals surface area contributed by atoms with Crippen LogP contribution in [0.25, 0.3) is 0 Å². The summed E-state index contributed by atoms with van der Waals surface area (Å²) in [6, 6.07) is -0.253. The van der Waals surface area contributed by atoms with E-state index in [2.05, 4.69) is 20.6 Å². The van der Waals surface area contributed by atoms with Crippen LogP contribution in [0.5, 0.6) is 0 Å². The van der Waals surface area contributed by atoms with E-state index in [0.29, 0.717) is 32.0 Å². The number of nitrogens with one attached hydrogen (secondary N) is 2. The van der Waals surface area contributed by atoms with Gasteiger partial charge in [0.1, 0.15) is 5.82 Å². The Labute approximate surface area is 140 Å². The molecule has 0 bridgehead atoms. The molecular weight excluding hydrogens is 310 g/mol. The number of carbonyl (C=O) groups is 2. The molecule has 1 aromatic rings. The first kappa shape index (κ1) is 16.3. The maximum atomic E-state index is 12.2. The van der Waals surface area contributed by atoms with Crippen molar-refractivity contribution in [1.29, 1.82) is 0 Å². The third kappa shape index (κ3) is 3.66. The highest BCUT2D eigenvalue weighted by Gasteiger charge is 2.25. The normalized spacial score (nSPS) is 17.4. The fourth-order valence-electron chi connectivity index (χ4n) is 3.01. The second-order valence-electron chi connectivity index (χ2n) is 6.23. The van der Waals surface area contributed by atoms with Crippen molar-refractivity contribution in [3.8, 4) is 0 Å². The minimum atomic E-state index is -0.702. The summed E-state index contributed by atoms with van der Waals surface area (Å²) in [6.07, 6.45) is 4.79. The van der Waals surface area contributed by atoms with Crippen LogP contribution in [-0.2, 0) is 17.6 Å². The number of urea groups is 1. The van der Waals surface area contributed by atoms with E-state index >= 15 is 0 Å². The molecule has 0 unspecified atom stereocenters. The van der Waals surface area contributed by atoms with E-state index < -0.39 is 6.03 Å². The second kappa shape index (κ2) is 6.90. The molecule has 2 heterocycles. The zero-order chi connectivity index (χ0) is 17.1. The Bertz CT molecular complexity index is 645. The van der Waals surface area contributed by atoms with Crippen molar-refractivity contribution < 1.29 is 9.59 Å². The van der Waals surface area contributed by atoms with Gasteiger partial charge in [0.2, 0.25) is 11.9 Å². The summed E-state index contributed by atoms with van der Waals surface area (Å²) in [4.78, 5) is 33.3. The van der Waals surface area contributed by atoms with Gasteiger partial charge >= 0.3 is 6.03 Å². The molecule has 0 saturated heterocycles. The molecule has 2 aliphatic rings. The van der Waals surface area contributed by atoms with Crippen molar-refractivity contribution in [2.24, 2.45) is 5.73 Å². The van der Waals surface area contributed by atoms with Crippen LogP contribution in [0.3, 0.4) is 0 Å². The van der Waals surface area contributed by atoms with Crippen LogP contribution < -0.4 is 22.1 Å². The zero-order valence-electron chi connectivity index (χ0n) is 13.5. The van der Waals surface area contributed by atoms with Crippen molar-refractivity contribution in [1.82, 2.24) is 20.2 Å². The predicted octanol–water partition coefficient (Wildman–Crippen LogP) is -0.381. The molecule has 3 amide bonds. The molecule has 6 N–H and O–H groups in total. The van der Waals surface area contributed by atoms with Crippen LogP contribution in [0.4, 0.5) is 16.6 Å². The maximum absolute atomic E-state index is 12.2. The van der Waals surface area contributed by atoms with Crippen molar-refractivity contribution in [2.75, 3.05) is 30.7 Å². The van der Waals surface area contributed by atoms with Crippen molar-refractivity contribution in [2.45, 2.75) is 38.1 Å². The maximum Gasteiger partial charge on any atom is 0.312 e. The average molecular weight is 333 g/mol. The molecule has 1 aliphatic carbocycles. The summed E-state index contributed by atoms with van der Waals surface area (Å²) in [7, 11) is 0. The Kier molecular flexibility index (Phi) is 4.68. The number of fused-ring (bicyclic) bond motifs is 1. The molecule has 9 nitrogen and oxygen atoms in total. The van der Waals surface area contributed by atoms with Gasteiger partial charge in [-0.15, -0.1) is 0 Å². The number of rotatable bonds is 4. The van der Waals surface area contributed by atoms with Crippen LogP contribution in [0.2, 0.25) is 0 Å². The number of hydrogen-bond donors (Lipinski definition) is 4. The standard InChI is InChI=1S/C15H23N7O2/c16-14-20-11-5-7-22(12(23)8-18-15(17)24)6-4-10(11)13(21-14)19-9-2-1-3-9/h9H,1-8H2,(H3,17,18,24)(H3,16,19,20,21). The first-order valence-corrected chi connectivity index (χ1v) is 8.26. The lowest BCUT2D eigenvalue weighted by Gasteiger charge is -2.28. The molecule has 1 aliphatic heterocycles. The highest BCUT2D eigenvalue weighted by Crippen LogP contribution is 2.27. The number of nitrogen functional groups attached to an aromatic ring is 1. The third-order valence-corrected chi connectivity index (χ3v) is 4.57. The van der Waals surface area contributed by atoms with E-state index in [1.807, 2.05) is 0 Å². The number of aromatic nitrogens is 2. The van der Waals surface area contributed by atoms with Crippen LogP contribution in [-0.4, -0.2) is 52.5 Å². The number of primary amides is 1. The minimum absolute atomic E-state index is 0.0906. The van der Waals surface area contributed by atoms with Crippen molar-refractivity contribution in [3.05, 3.63) is 11.3 Å². The average Bonchev–Trinajstić information content (AvgIpc) is 2.71. The van der Waals surface area contributed by atoms with Crippen molar-refractivity contribution in [3.63, 3.8) is 0 Å². The smallest absolute Gasteiger partial charge is 0.312 e. The Morgan fingerprint density at radius 1 is 1.21 bits per heavy atom. The van der Waals surface area contributed by atoms with Gasteiger partial charge in [0, 0.05) is 31.1 Å². The van der Waals surface area contributed by atoms with Crippen LogP contribution in [0.15, 0.2) is 0 Å². The topological polar surface area (TPSA) is 139 Å². The number of nitrogens with two attached hydrogens (primary N) is 2. The van der Waals surface area contributed by atoms with Crippen molar-refractivity contribution >= 4 is 23.7 Å². The Balaban J connectivity index is 1.71. The Hall–Kier alpha value is -2.58. The Morgan fingerprint density at radius 2 is 1.96 bits per heavy atom. The molecule has 24 heavy (non-hydrogen) atoms. The van der Waals surface area contributed by atoms with E-state index in [0.717, 1.165) is 29.9 Å². The quantitative estimate of drug-likeness (QED) is 0.592. The Morgan fingerprint density at radius 3 is 2.62 bits per heavy atom. The van der Waals surface area contributed by atoms with E-state index in [1.54, 1.807) is 4.90 Å². The summed E-state index contributed by atoms with van der Waals surface area (Å²) < 4.78 is 0. The van der Waals surface area contributed by atoms with E-state index in [9.17, 15) is 9.59 Å². The fraction of sp³-hybridized carbons (Fsp3) is 0.600. The molecule has 3 rings (SSSR count). The molecule has 130 valence electrons. The first-order chi connectivity index (χ1) is 11.5. The van der Waals surface area contributed by atoms with Gasteiger partial charge in [-0.25, -0.2) is 9.78 Å². The van der Waals surface area contributed by atoms with Gasteiger partial charge in [0.15, 0.2) is 0 Å². The van der Waals surface area contributed by atoms with Crippen LogP contribution >= 0.6 is 0 Å². The molecule has 9 heteroatoms. The molecule has 0 atom stereocenters. The van der Waals surface area contributed by atoms with Gasteiger partial charge in [-0.05, 0) is 25.7 Å². The molecule has 0 aromatic carbocycles. The zero-order valence-corrected chi connectivity index (χ0v) is 13.5. The largest absolute Gasteiger partial charge is 0.368 e. The molecule has 1 saturated carbocycles. The first-order valence-electron chi connectivity index (χ1n) is 8.26. The van der Waals surface area contributed by atoms with Crippen LogP contribution in [0, 0.1) is 0 Å². The van der Waals surface area contributed by atoms with Gasteiger partial charge in [-0.3, -0.25) is 4.79 Å². The van der Waals surface area contributed by atoms with Gasteiger partial charge in [0.25, 0.3) is 0 Å². The van der Waals surface area contributed by atoms with Gasteiger partial charge in [-0.2, -0.15) is 4.98 Å². The number of amides is 3. The summed E-state index contributed by atoms with van der Waals surface area (Å²) in [5, 5.41) is 5.78. The van der Waals surface area contributed by atoms with Gasteiger partial charge in [0.05, 0.1) is 12.2 Å². The lowest BCUT2D eigenvalue weighted by molar-refractivity contribution is -0.129. The minimum Gasteiger partial charge on any atom is -0.368 e. The second-order valence-corrected chi connectivity index (χ2v) is 6.23. The molecule has 1 fully saturated rings. The lowest BCUT2D eigenvalue weighted by atomic mass is 9.93. The summed E-state index contributed by atoms with van der Waals surface area (Å²) in [6.45, 7) is 0.997. The lowest BCUT2D eigenvalue weighted by Crippen LogP contribution is -2.42. The van der Waals surface area contributed by atoms with E-state index in [4.69, 9.17) is 11.5 Å². The summed E-state index contributed by atoms with van der Waals surface area (Å²) in [5.74, 6) is 0.897. The molecule has 0 radical (unpaired) electrons. The fourth-order valence-corrected chi connectivity index (χ4v) is 3.01. The highest BCUT2D eigenvalue weighted by molar-refractivity contribution is 5.83. The number of hydrogen-bond acceptors (Lipinski definition) is 6. The molecule has 0 spiro atoms. The number of nitrogens with zero attached hydrogens (tertiary/aromatic N) is 3. The van der Waals surface area contributed by atoms with E-state index in [-0.39, 0.29) is 18.4 Å². The molecular formula is C15H23N7O2. The summed E-state index contributed by atoms with van der Waals surface area (Å²) >= 11 is 0. The van der Waals surface area contributed by atoms with E-state index in [1.165, 1.54) is 6.42 Å². The monoisotopic (exact) mass is 333 g/mol. The molecule has 1 aromatic heterocycles. The van der Waals surface area contributed by atoms with Gasteiger partial charge < -0.3 is 27.0 Å². The predicted molar refractivity (Wildman–Crippen MR) is 89.3 cm³/mol. The van der Waals surface area contributed by atoms with Crippen LogP contribution in [0.1, 0.15) is 30.5 Å². The summed E-state index contributed by atoms with van der Waals surface area (Å²) in [5.41, 5.74) is 12.8. The highest BCUT2D eigenvalue weighted by atomic mass is 16.2. The van der Waals surface area contributed by atoms with Gasteiger partial charge in [-0.1, -0.05) is 0 Å². The third-order valence-electron chi connectivity index (χ3n) is 4.57. The number of carbonyl (C=O) groups excluding carboxylic acids is 2. The SMILES string of the molecule is NC(=O)NCC(=O)N1CCc2nc(N)nc(NC3CCC3)c2CC1. The number of anilines is 2.